The summed E-state index contributed by atoms with van der Waals surface area (Å²) in [6.45, 7) is 7.00. The van der Waals surface area contributed by atoms with E-state index in [9.17, 15) is 18.0 Å². The normalized spacial score (nSPS) is 15.6. The van der Waals surface area contributed by atoms with Gasteiger partial charge in [0, 0.05) is 33.2 Å². The van der Waals surface area contributed by atoms with Gasteiger partial charge in [-0.3, -0.25) is 4.79 Å². The van der Waals surface area contributed by atoms with Gasteiger partial charge in [-0.05, 0) is 43.9 Å². The molecule has 0 spiro atoms. The molecule has 8 nitrogen and oxygen atoms in total. The Hall–Kier alpha value is -2.13. The minimum absolute atomic E-state index is 0.00952. The molecule has 0 unspecified atom stereocenters. The van der Waals surface area contributed by atoms with E-state index < -0.39 is 22.6 Å². The third-order valence-corrected chi connectivity index (χ3v) is 6.95. The summed E-state index contributed by atoms with van der Waals surface area (Å²) >= 11 is 0. The van der Waals surface area contributed by atoms with Gasteiger partial charge in [-0.1, -0.05) is 13.8 Å². The maximum Gasteiger partial charge on any atom is 0.340 e. The molecule has 1 fully saturated rings. The zero-order chi connectivity index (χ0) is 21.8. The topological polar surface area (TPSA) is 96.0 Å². The van der Waals surface area contributed by atoms with Crippen molar-refractivity contribution in [3.05, 3.63) is 23.8 Å². The summed E-state index contributed by atoms with van der Waals surface area (Å²) in [6.07, 6.45) is 2.00. The molecule has 1 aromatic rings. The van der Waals surface area contributed by atoms with Gasteiger partial charge in [0.1, 0.15) is 0 Å². The predicted molar refractivity (Wildman–Crippen MR) is 111 cm³/mol. The second-order valence-corrected chi connectivity index (χ2v) is 9.99. The molecule has 2 rings (SSSR count). The number of anilines is 1. The highest BCUT2D eigenvalue weighted by Crippen LogP contribution is 2.28. The van der Waals surface area contributed by atoms with Crippen molar-refractivity contribution in [3.8, 4) is 0 Å². The number of nitrogens with zero attached hydrogens (tertiary/aromatic N) is 2. The van der Waals surface area contributed by atoms with Crippen LogP contribution in [0.2, 0.25) is 0 Å². The van der Waals surface area contributed by atoms with Crippen LogP contribution < -0.4 is 10.2 Å². The van der Waals surface area contributed by atoms with E-state index in [-0.39, 0.29) is 28.3 Å². The summed E-state index contributed by atoms with van der Waals surface area (Å²) in [6, 6.07) is 4.42. The number of carbonyl (C=O) groups is 2. The lowest BCUT2D eigenvalue weighted by Crippen LogP contribution is -2.38. The molecule has 0 saturated carbocycles. The van der Waals surface area contributed by atoms with Crippen molar-refractivity contribution in [1.29, 1.82) is 0 Å². The van der Waals surface area contributed by atoms with Gasteiger partial charge in [-0.2, -0.15) is 0 Å². The quantitative estimate of drug-likeness (QED) is 0.639. The first kappa shape index (κ1) is 23.2. The zero-order valence-corrected chi connectivity index (χ0v) is 18.6. The van der Waals surface area contributed by atoms with E-state index in [1.165, 1.54) is 26.2 Å². The van der Waals surface area contributed by atoms with E-state index in [0.29, 0.717) is 5.69 Å². The fourth-order valence-corrected chi connectivity index (χ4v) is 3.88. The summed E-state index contributed by atoms with van der Waals surface area (Å²) < 4.78 is 31.3. The fraction of sp³-hybridized carbons (Fsp3) is 0.600. The maximum atomic E-state index is 12.8. The molecule has 0 aliphatic carbocycles. The van der Waals surface area contributed by atoms with Crippen LogP contribution in [-0.4, -0.2) is 64.4 Å². The van der Waals surface area contributed by atoms with Gasteiger partial charge in [-0.25, -0.2) is 17.5 Å². The van der Waals surface area contributed by atoms with Crippen LogP contribution in [0.5, 0.6) is 0 Å². The van der Waals surface area contributed by atoms with Gasteiger partial charge in [0.15, 0.2) is 6.61 Å². The van der Waals surface area contributed by atoms with E-state index in [0.717, 1.165) is 30.2 Å². The monoisotopic (exact) mass is 425 g/mol. The molecular formula is C20H31N3O5S. The molecular weight excluding hydrogens is 394 g/mol. The lowest BCUT2D eigenvalue weighted by atomic mass is 10.1. The number of esters is 1. The third-order valence-electron chi connectivity index (χ3n) is 5.14. The highest BCUT2D eigenvalue weighted by molar-refractivity contribution is 7.89. The highest BCUT2D eigenvalue weighted by Gasteiger charge is 2.25. The number of benzene rings is 1. The van der Waals surface area contributed by atoms with Crippen LogP contribution in [0, 0.1) is 5.92 Å². The third kappa shape index (κ3) is 5.70. The average Bonchev–Trinajstić information content (AvgIpc) is 3.19. The zero-order valence-electron chi connectivity index (χ0n) is 17.8. The van der Waals surface area contributed by atoms with Gasteiger partial charge in [0.25, 0.3) is 5.91 Å². The number of hydrogen-bond acceptors (Lipinski definition) is 6. The molecule has 9 heteroatoms. The smallest absolute Gasteiger partial charge is 0.340 e. The molecule has 1 amide bonds. The Kier molecular flexibility index (Phi) is 7.65. The number of nitrogens with one attached hydrogen (secondary N) is 1. The lowest BCUT2D eigenvalue weighted by molar-refractivity contribution is -0.125. The first-order chi connectivity index (χ1) is 13.5. The molecule has 1 N–H and O–H groups in total. The van der Waals surface area contributed by atoms with Crippen molar-refractivity contribution in [2.45, 2.75) is 44.6 Å². The van der Waals surface area contributed by atoms with Gasteiger partial charge >= 0.3 is 5.97 Å². The molecule has 0 bridgehead atoms. The Morgan fingerprint density at radius 3 is 2.34 bits per heavy atom. The minimum Gasteiger partial charge on any atom is -0.452 e. The summed E-state index contributed by atoms with van der Waals surface area (Å²) in [5, 5.41) is 2.78. The highest BCUT2D eigenvalue weighted by atomic mass is 32.2. The van der Waals surface area contributed by atoms with Gasteiger partial charge in [-0.15, -0.1) is 0 Å². The van der Waals surface area contributed by atoms with Crippen molar-refractivity contribution in [3.63, 3.8) is 0 Å². The standard InChI is InChI=1S/C20H31N3O5S/c1-14(2)15(3)21-19(24)13-28-20(25)17-12-16(29(26,27)22(4)5)8-9-18(17)23-10-6-7-11-23/h8-9,12,14-15H,6-7,10-11,13H2,1-5H3,(H,21,24)/t15-/m0/s1. The lowest BCUT2D eigenvalue weighted by Gasteiger charge is -2.22. The SMILES string of the molecule is CC(C)[C@H](C)NC(=O)COC(=O)c1cc(S(=O)(=O)N(C)C)ccc1N1CCCC1. The first-order valence-electron chi connectivity index (χ1n) is 9.82. The van der Waals surface area contributed by atoms with Crippen LogP contribution in [0.1, 0.15) is 44.0 Å². The second kappa shape index (κ2) is 9.58. The van der Waals surface area contributed by atoms with Crippen LogP contribution in [-0.2, 0) is 19.6 Å². The molecule has 0 aromatic heterocycles. The summed E-state index contributed by atoms with van der Waals surface area (Å²) in [4.78, 5) is 26.8. The summed E-state index contributed by atoms with van der Waals surface area (Å²) in [7, 11) is -0.837. The maximum absolute atomic E-state index is 12.8. The number of amides is 1. The fourth-order valence-electron chi connectivity index (χ4n) is 2.95. The van der Waals surface area contributed by atoms with E-state index in [4.69, 9.17) is 4.74 Å². The second-order valence-electron chi connectivity index (χ2n) is 7.84. The van der Waals surface area contributed by atoms with Crippen molar-refractivity contribution in [1.82, 2.24) is 9.62 Å². The van der Waals surface area contributed by atoms with E-state index in [1.807, 2.05) is 25.7 Å². The number of ether oxygens (including phenoxy) is 1. The first-order valence-corrected chi connectivity index (χ1v) is 11.3. The van der Waals surface area contributed by atoms with E-state index >= 15 is 0 Å². The van der Waals surface area contributed by atoms with Crippen molar-refractivity contribution in [2.75, 3.05) is 38.7 Å². The Morgan fingerprint density at radius 2 is 1.79 bits per heavy atom. The number of sulfonamides is 1. The van der Waals surface area contributed by atoms with E-state index in [1.54, 1.807) is 6.07 Å². The van der Waals surface area contributed by atoms with Crippen molar-refractivity contribution in [2.24, 2.45) is 5.92 Å². The molecule has 1 aliphatic rings. The molecule has 0 radical (unpaired) electrons. The minimum atomic E-state index is -3.70. The molecule has 1 atom stereocenters. The van der Waals surface area contributed by atoms with Crippen LogP contribution in [0.4, 0.5) is 5.69 Å². The molecule has 1 saturated heterocycles. The van der Waals surface area contributed by atoms with Crippen LogP contribution in [0.15, 0.2) is 23.1 Å². The molecule has 1 aliphatic heterocycles. The van der Waals surface area contributed by atoms with Gasteiger partial charge < -0.3 is 15.0 Å². The van der Waals surface area contributed by atoms with Crippen molar-refractivity contribution >= 4 is 27.6 Å². The van der Waals surface area contributed by atoms with Gasteiger partial charge in [0.2, 0.25) is 10.0 Å². The molecule has 29 heavy (non-hydrogen) atoms. The van der Waals surface area contributed by atoms with E-state index in [2.05, 4.69) is 5.32 Å². The largest absolute Gasteiger partial charge is 0.452 e. The average molecular weight is 426 g/mol. The number of carbonyl (C=O) groups excluding carboxylic acids is 2. The van der Waals surface area contributed by atoms with Gasteiger partial charge in [0.05, 0.1) is 16.1 Å². The summed E-state index contributed by atoms with van der Waals surface area (Å²) in [5.74, 6) is -0.848. The van der Waals surface area contributed by atoms with Crippen LogP contribution in [0.25, 0.3) is 0 Å². The predicted octanol–water partition coefficient (Wildman–Crippen LogP) is 1.85. The molecule has 1 heterocycles. The Bertz CT molecular complexity index is 846. The Balaban J connectivity index is 2.25. The Morgan fingerprint density at radius 1 is 1.17 bits per heavy atom. The molecule has 1 aromatic carbocycles. The van der Waals surface area contributed by atoms with Crippen LogP contribution in [0.3, 0.4) is 0 Å². The Labute approximate surface area is 173 Å². The summed E-state index contributed by atoms with van der Waals surface area (Å²) in [5.41, 5.74) is 0.778. The number of hydrogen-bond donors (Lipinski definition) is 1. The molecule has 162 valence electrons. The van der Waals surface area contributed by atoms with Crippen molar-refractivity contribution < 1.29 is 22.7 Å². The van der Waals surface area contributed by atoms with Crippen LogP contribution >= 0.6 is 0 Å². The number of rotatable bonds is 8.